The Labute approximate surface area is 118 Å². The van der Waals surface area contributed by atoms with Crippen LogP contribution in [0.4, 0.5) is 4.79 Å². The minimum absolute atomic E-state index is 0.0666. The first-order valence-electron chi connectivity index (χ1n) is 6.86. The molecule has 0 fully saturated rings. The molecule has 0 aliphatic heterocycles. The molecule has 0 radical (unpaired) electrons. The minimum atomic E-state index is -0.0666. The van der Waals surface area contributed by atoms with E-state index in [1.54, 1.807) is 18.2 Å². The molecule has 0 spiro atoms. The second kappa shape index (κ2) is 5.41. The molecule has 0 saturated heterocycles. The van der Waals surface area contributed by atoms with Crippen LogP contribution in [0.2, 0.25) is 0 Å². The molecule has 104 valence electrons. The van der Waals surface area contributed by atoms with Crippen LogP contribution < -0.4 is 5.32 Å². The number of amides is 2. The molecule has 4 nitrogen and oxygen atoms in total. The Morgan fingerprint density at radius 3 is 3.00 bits per heavy atom. The first kappa shape index (κ1) is 12.8. The summed E-state index contributed by atoms with van der Waals surface area (Å²) in [5.74, 6) is 0.787. The Balaban J connectivity index is 1.62. The summed E-state index contributed by atoms with van der Waals surface area (Å²) in [7, 11) is 1.78. The summed E-state index contributed by atoms with van der Waals surface area (Å²) in [5, 5.41) is 3.09. The van der Waals surface area contributed by atoms with E-state index in [0.717, 1.165) is 18.6 Å². The molecule has 4 heteroatoms. The van der Waals surface area contributed by atoms with Crippen LogP contribution in [0.25, 0.3) is 0 Å². The van der Waals surface area contributed by atoms with E-state index >= 15 is 0 Å². The number of nitrogens with zero attached hydrogens (tertiary/aromatic N) is 1. The number of furan rings is 1. The SMILES string of the molecule is CN(Cc1ccco1)C(=O)NC1CCc2ccccc21. The Morgan fingerprint density at radius 1 is 1.35 bits per heavy atom. The summed E-state index contributed by atoms with van der Waals surface area (Å²) in [6.45, 7) is 0.479. The van der Waals surface area contributed by atoms with Gasteiger partial charge in [-0.05, 0) is 36.1 Å². The summed E-state index contributed by atoms with van der Waals surface area (Å²) in [4.78, 5) is 13.8. The highest BCUT2D eigenvalue weighted by Gasteiger charge is 2.24. The van der Waals surface area contributed by atoms with Crippen LogP contribution in [-0.2, 0) is 13.0 Å². The number of hydrogen-bond donors (Lipinski definition) is 1. The van der Waals surface area contributed by atoms with Crippen LogP contribution in [0.3, 0.4) is 0 Å². The highest BCUT2D eigenvalue weighted by Crippen LogP contribution is 2.30. The quantitative estimate of drug-likeness (QED) is 0.931. The molecule has 2 aromatic rings. The fraction of sp³-hybridized carbons (Fsp3) is 0.312. The molecular weight excluding hydrogens is 252 g/mol. The zero-order chi connectivity index (χ0) is 13.9. The van der Waals surface area contributed by atoms with Gasteiger partial charge in [0, 0.05) is 7.05 Å². The predicted molar refractivity (Wildman–Crippen MR) is 76.2 cm³/mol. The van der Waals surface area contributed by atoms with Crippen LogP contribution in [-0.4, -0.2) is 18.0 Å². The maximum absolute atomic E-state index is 12.2. The number of urea groups is 1. The molecule has 1 atom stereocenters. The second-order valence-electron chi connectivity index (χ2n) is 5.17. The van der Waals surface area contributed by atoms with Crippen molar-refractivity contribution in [3.05, 3.63) is 59.5 Å². The Morgan fingerprint density at radius 2 is 2.20 bits per heavy atom. The van der Waals surface area contributed by atoms with E-state index in [9.17, 15) is 4.79 Å². The predicted octanol–water partition coefficient (Wildman–Crippen LogP) is 3.11. The van der Waals surface area contributed by atoms with Crippen LogP contribution in [0.5, 0.6) is 0 Å². The molecule has 1 aliphatic rings. The van der Waals surface area contributed by atoms with Crippen LogP contribution in [0, 0.1) is 0 Å². The third-order valence-electron chi connectivity index (χ3n) is 3.75. The van der Waals surface area contributed by atoms with Gasteiger partial charge in [-0.3, -0.25) is 0 Å². The minimum Gasteiger partial charge on any atom is -0.467 e. The average molecular weight is 270 g/mol. The first-order valence-corrected chi connectivity index (χ1v) is 6.86. The Hall–Kier alpha value is -2.23. The number of benzene rings is 1. The maximum Gasteiger partial charge on any atom is 0.318 e. The standard InChI is InChI=1S/C16H18N2O2/c1-18(11-13-6-4-10-20-13)16(19)17-15-9-8-12-5-2-3-7-14(12)15/h2-7,10,15H,8-9,11H2,1H3,(H,17,19). The van der Waals surface area contributed by atoms with E-state index in [-0.39, 0.29) is 12.1 Å². The molecular formula is C16H18N2O2. The number of rotatable bonds is 3. The number of fused-ring (bicyclic) bond motifs is 1. The van der Waals surface area contributed by atoms with Gasteiger partial charge in [-0.15, -0.1) is 0 Å². The summed E-state index contributed by atoms with van der Waals surface area (Å²) in [6, 6.07) is 12.1. The molecule has 1 unspecified atom stereocenters. The molecule has 2 amide bonds. The number of carbonyl (C=O) groups excluding carboxylic acids is 1. The maximum atomic E-state index is 12.2. The van der Waals surface area contributed by atoms with Gasteiger partial charge < -0.3 is 14.6 Å². The number of carbonyl (C=O) groups is 1. The van der Waals surface area contributed by atoms with E-state index < -0.39 is 0 Å². The third-order valence-corrected chi connectivity index (χ3v) is 3.75. The Bertz CT molecular complexity index is 592. The van der Waals surface area contributed by atoms with E-state index in [1.165, 1.54) is 11.1 Å². The molecule has 0 saturated carbocycles. The zero-order valence-corrected chi connectivity index (χ0v) is 11.5. The molecule has 20 heavy (non-hydrogen) atoms. The smallest absolute Gasteiger partial charge is 0.318 e. The summed E-state index contributed by atoms with van der Waals surface area (Å²) in [5.41, 5.74) is 2.58. The van der Waals surface area contributed by atoms with Gasteiger partial charge in [0.15, 0.2) is 0 Å². The Kier molecular flexibility index (Phi) is 3.46. The topological polar surface area (TPSA) is 45.5 Å². The van der Waals surface area contributed by atoms with Gasteiger partial charge in [-0.25, -0.2) is 4.79 Å². The van der Waals surface area contributed by atoms with Crippen molar-refractivity contribution in [3.8, 4) is 0 Å². The van der Waals surface area contributed by atoms with E-state index in [2.05, 4.69) is 17.4 Å². The van der Waals surface area contributed by atoms with Gasteiger partial charge in [0.25, 0.3) is 0 Å². The van der Waals surface area contributed by atoms with Crippen molar-refractivity contribution in [1.82, 2.24) is 10.2 Å². The lowest BCUT2D eigenvalue weighted by atomic mass is 10.1. The molecule has 0 bridgehead atoms. The largest absolute Gasteiger partial charge is 0.467 e. The number of nitrogens with one attached hydrogen (secondary N) is 1. The highest BCUT2D eigenvalue weighted by atomic mass is 16.3. The van der Waals surface area contributed by atoms with Gasteiger partial charge >= 0.3 is 6.03 Å². The van der Waals surface area contributed by atoms with Crippen molar-refractivity contribution >= 4 is 6.03 Å². The average Bonchev–Trinajstić information content (AvgIpc) is 3.09. The summed E-state index contributed by atoms with van der Waals surface area (Å²) >= 11 is 0. The van der Waals surface area contributed by atoms with Crippen molar-refractivity contribution in [2.75, 3.05) is 7.05 Å². The molecule has 1 aliphatic carbocycles. The lowest BCUT2D eigenvalue weighted by molar-refractivity contribution is 0.199. The van der Waals surface area contributed by atoms with E-state index in [1.807, 2.05) is 24.3 Å². The van der Waals surface area contributed by atoms with Crippen molar-refractivity contribution in [1.29, 1.82) is 0 Å². The van der Waals surface area contributed by atoms with Gasteiger partial charge in [-0.2, -0.15) is 0 Å². The van der Waals surface area contributed by atoms with E-state index in [4.69, 9.17) is 4.42 Å². The van der Waals surface area contributed by atoms with Crippen LogP contribution in [0.15, 0.2) is 47.1 Å². The first-order chi connectivity index (χ1) is 9.74. The lowest BCUT2D eigenvalue weighted by Gasteiger charge is -2.20. The molecule has 1 aromatic carbocycles. The zero-order valence-electron chi connectivity index (χ0n) is 11.5. The number of hydrogen-bond acceptors (Lipinski definition) is 2. The number of aryl methyl sites for hydroxylation is 1. The second-order valence-corrected chi connectivity index (χ2v) is 5.17. The van der Waals surface area contributed by atoms with Crippen molar-refractivity contribution < 1.29 is 9.21 Å². The van der Waals surface area contributed by atoms with Gasteiger partial charge in [0.2, 0.25) is 0 Å². The highest BCUT2D eigenvalue weighted by molar-refractivity contribution is 5.74. The summed E-state index contributed by atoms with van der Waals surface area (Å²) < 4.78 is 5.26. The van der Waals surface area contributed by atoms with Gasteiger partial charge in [0.1, 0.15) is 5.76 Å². The lowest BCUT2D eigenvalue weighted by Crippen LogP contribution is -2.38. The van der Waals surface area contributed by atoms with Gasteiger partial charge in [-0.1, -0.05) is 24.3 Å². The van der Waals surface area contributed by atoms with Crippen molar-refractivity contribution in [2.45, 2.75) is 25.4 Å². The van der Waals surface area contributed by atoms with Crippen molar-refractivity contribution in [2.24, 2.45) is 0 Å². The fourth-order valence-electron chi connectivity index (χ4n) is 2.67. The van der Waals surface area contributed by atoms with Crippen LogP contribution >= 0.6 is 0 Å². The molecule has 1 N–H and O–H groups in total. The molecule has 1 heterocycles. The van der Waals surface area contributed by atoms with E-state index in [0.29, 0.717) is 6.54 Å². The normalized spacial score (nSPS) is 16.8. The fourth-order valence-corrected chi connectivity index (χ4v) is 2.67. The monoisotopic (exact) mass is 270 g/mol. The summed E-state index contributed by atoms with van der Waals surface area (Å²) in [6.07, 6.45) is 3.62. The molecule has 3 rings (SSSR count). The van der Waals surface area contributed by atoms with Crippen molar-refractivity contribution in [3.63, 3.8) is 0 Å². The molecule has 1 aromatic heterocycles. The van der Waals surface area contributed by atoms with Crippen LogP contribution in [0.1, 0.15) is 29.3 Å². The third kappa shape index (κ3) is 2.54. The van der Waals surface area contributed by atoms with Gasteiger partial charge in [0.05, 0.1) is 18.8 Å².